The van der Waals surface area contributed by atoms with Crippen molar-refractivity contribution >= 4 is 0 Å². The first kappa shape index (κ1) is 18.7. The average Bonchev–Trinajstić information content (AvgIpc) is 3.04. The summed E-state index contributed by atoms with van der Waals surface area (Å²) in [5.74, 6) is -1.08. The third-order valence-corrected chi connectivity index (χ3v) is 4.65. The monoisotopic (exact) mass is 354 g/mol. The number of hydrogen-bond donors (Lipinski definition) is 1. The van der Waals surface area contributed by atoms with Gasteiger partial charge < -0.3 is 24.1 Å². The first-order valence-corrected chi connectivity index (χ1v) is 8.95. The summed E-state index contributed by atoms with van der Waals surface area (Å²) in [6.45, 7) is 5.78. The van der Waals surface area contributed by atoms with Gasteiger partial charge >= 0.3 is 0 Å². The lowest BCUT2D eigenvalue weighted by molar-refractivity contribution is -0.230. The minimum absolute atomic E-state index is 0.0880. The first-order valence-electron chi connectivity index (χ1n) is 8.95. The predicted molar refractivity (Wildman–Crippen MR) is 89.2 cm³/mol. The third kappa shape index (κ3) is 4.20. The smallest absolute Gasteiger partial charge is 0.190 e. The molecule has 5 nitrogen and oxygen atoms in total. The van der Waals surface area contributed by atoms with E-state index < -0.39 is 36.5 Å². The normalized spacial score (nSPS) is 31.9. The molecule has 0 aliphatic carbocycles. The van der Waals surface area contributed by atoms with Crippen molar-refractivity contribution in [2.75, 3.05) is 0 Å². The zero-order valence-corrected chi connectivity index (χ0v) is 15.0. The summed E-state index contributed by atoms with van der Waals surface area (Å²) >= 11 is 0. The first-order chi connectivity index (χ1) is 11.9. The highest BCUT2D eigenvalue weighted by Crippen LogP contribution is 2.40. The van der Waals surface area contributed by atoms with E-state index in [1.54, 1.807) is 18.2 Å². The van der Waals surface area contributed by atoms with Gasteiger partial charge in [-0.15, -0.1) is 0 Å². The Morgan fingerprint density at radius 1 is 1.28 bits per heavy atom. The van der Waals surface area contributed by atoms with Crippen LogP contribution in [0.4, 0.5) is 4.39 Å². The Bertz CT molecular complexity index is 579. The van der Waals surface area contributed by atoms with Crippen LogP contribution in [0.25, 0.3) is 0 Å². The van der Waals surface area contributed by atoms with Gasteiger partial charge in [0.15, 0.2) is 12.1 Å². The van der Waals surface area contributed by atoms with Gasteiger partial charge in [0.25, 0.3) is 0 Å². The van der Waals surface area contributed by atoms with Crippen molar-refractivity contribution in [3.8, 4) is 0 Å². The molecule has 0 bridgehead atoms. The van der Waals surface area contributed by atoms with Crippen LogP contribution in [-0.4, -0.2) is 41.6 Å². The molecule has 140 valence electrons. The van der Waals surface area contributed by atoms with Crippen molar-refractivity contribution in [3.63, 3.8) is 0 Å². The molecule has 1 N–H and O–H groups in total. The molecule has 1 aromatic rings. The molecule has 0 amide bonds. The maximum atomic E-state index is 13.9. The fourth-order valence-corrected chi connectivity index (χ4v) is 3.38. The summed E-state index contributed by atoms with van der Waals surface area (Å²) in [5, 5.41) is 10.5. The Morgan fingerprint density at radius 3 is 2.76 bits per heavy atom. The largest absolute Gasteiger partial charge is 0.390 e. The van der Waals surface area contributed by atoms with Crippen molar-refractivity contribution in [1.82, 2.24) is 0 Å². The Hall–Kier alpha value is -1.05. The molecule has 1 aromatic carbocycles. The Morgan fingerprint density at radius 2 is 2.04 bits per heavy atom. The summed E-state index contributed by atoms with van der Waals surface area (Å²) in [4.78, 5) is 0. The lowest BCUT2D eigenvalue weighted by Crippen LogP contribution is -2.42. The Labute approximate surface area is 148 Å². The van der Waals surface area contributed by atoms with E-state index in [1.807, 2.05) is 13.8 Å². The maximum Gasteiger partial charge on any atom is 0.190 e. The second kappa shape index (κ2) is 7.68. The van der Waals surface area contributed by atoms with Gasteiger partial charge in [0, 0.05) is 5.56 Å². The van der Waals surface area contributed by atoms with Crippen LogP contribution in [0.5, 0.6) is 0 Å². The number of unbranched alkanes of at least 4 members (excludes halogenated alkanes) is 1. The number of fused-ring (bicyclic) bond motifs is 1. The molecule has 2 aliphatic rings. The van der Waals surface area contributed by atoms with Crippen molar-refractivity contribution in [2.45, 2.75) is 83.1 Å². The summed E-state index contributed by atoms with van der Waals surface area (Å²) in [5.41, 5.74) is 0.464. The van der Waals surface area contributed by atoms with Gasteiger partial charge in [0.05, 0.1) is 12.7 Å². The molecule has 0 unspecified atom stereocenters. The number of hydrogen-bond acceptors (Lipinski definition) is 5. The van der Waals surface area contributed by atoms with Crippen LogP contribution in [0.1, 0.15) is 45.6 Å². The van der Waals surface area contributed by atoms with Gasteiger partial charge in [0.2, 0.25) is 0 Å². The lowest BCUT2D eigenvalue weighted by Gasteiger charge is -2.28. The molecule has 2 aliphatic heterocycles. The van der Waals surface area contributed by atoms with Gasteiger partial charge in [-0.05, 0) is 26.3 Å². The van der Waals surface area contributed by atoms with E-state index >= 15 is 0 Å². The van der Waals surface area contributed by atoms with Gasteiger partial charge in [-0.2, -0.15) is 0 Å². The number of benzene rings is 1. The molecule has 2 saturated heterocycles. The van der Waals surface area contributed by atoms with Gasteiger partial charge in [0.1, 0.15) is 24.1 Å². The van der Waals surface area contributed by atoms with Crippen LogP contribution in [0.2, 0.25) is 0 Å². The van der Waals surface area contributed by atoms with Crippen molar-refractivity contribution in [3.05, 3.63) is 35.6 Å². The Balaban J connectivity index is 1.71. The van der Waals surface area contributed by atoms with Crippen LogP contribution >= 0.6 is 0 Å². The zero-order valence-electron chi connectivity index (χ0n) is 15.0. The van der Waals surface area contributed by atoms with Crippen LogP contribution in [-0.2, 0) is 25.6 Å². The zero-order chi connectivity index (χ0) is 18.0. The molecule has 0 radical (unpaired) electrons. The average molecular weight is 354 g/mol. The molecular formula is C19H27FO5. The van der Waals surface area contributed by atoms with E-state index in [1.165, 1.54) is 6.07 Å². The summed E-state index contributed by atoms with van der Waals surface area (Å²) in [6, 6.07) is 6.49. The molecule has 2 fully saturated rings. The van der Waals surface area contributed by atoms with E-state index in [0.29, 0.717) is 12.0 Å². The van der Waals surface area contributed by atoms with Gasteiger partial charge in [-0.1, -0.05) is 38.0 Å². The predicted octanol–water partition coefficient (Wildman–Crippen LogP) is 3.14. The Kier molecular flexibility index (Phi) is 5.75. The highest BCUT2D eigenvalue weighted by atomic mass is 19.1. The van der Waals surface area contributed by atoms with Crippen molar-refractivity contribution < 1.29 is 28.4 Å². The van der Waals surface area contributed by atoms with Gasteiger partial charge in [-0.3, -0.25) is 0 Å². The number of aliphatic hydroxyl groups is 1. The highest BCUT2D eigenvalue weighted by molar-refractivity contribution is 5.16. The third-order valence-electron chi connectivity index (χ3n) is 4.65. The fourth-order valence-electron chi connectivity index (χ4n) is 3.38. The molecule has 2 heterocycles. The molecule has 5 atom stereocenters. The summed E-state index contributed by atoms with van der Waals surface area (Å²) in [7, 11) is 0. The summed E-state index contributed by atoms with van der Waals surface area (Å²) in [6.07, 6.45) is -0.274. The molecule has 0 aromatic heterocycles. The second-order valence-electron chi connectivity index (χ2n) is 7.15. The van der Waals surface area contributed by atoms with Gasteiger partial charge in [-0.25, -0.2) is 4.39 Å². The van der Waals surface area contributed by atoms with Crippen LogP contribution < -0.4 is 0 Å². The molecule has 0 spiro atoms. The molecule has 6 heteroatoms. The fraction of sp³-hybridized carbons (Fsp3) is 0.684. The number of aliphatic hydroxyl groups excluding tert-OH is 1. The molecule has 0 saturated carbocycles. The van der Waals surface area contributed by atoms with Crippen LogP contribution in [0.15, 0.2) is 24.3 Å². The SMILES string of the molecule is CCCC[C@H](O)[C@H]1O[C@@H]2OC(C)(C)O[C@@H]2[C@H]1OCc1ccccc1F. The summed E-state index contributed by atoms with van der Waals surface area (Å²) < 4.78 is 37.4. The van der Waals surface area contributed by atoms with E-state index in [-0.39, 0.29) is 12.4 Å². The van der Waals surface area contributed by atoms with Crippen LogP contribution in [0, 0.1) is 5.82 Å². The number of halogens is 1. The molecule has 3 rings (SSSR count). The quantitative estimate of drug-likeness (QED) is 0.815. The topological polar surface area (TPSA) is 57.2 Å². The number of rotatable bonds is 7. The lowest BCUT2D eigenvalue weighted by atomic mass is 10.0. The maximum absolute atomic E-state index is 13.9. The van der Waals surface area contributed by atoms with Crippen molar-refractivity contribution in [1.29, 1.82) is 0 Å². The second-order valence-corrected chi connectivity index (χ2v) is 7.15. The van der Waals surface area contributed by atoms with E-state index in [4.69, 9.17) is 18.9 Å². The molecule has 25 heavy (non-hydrogen) atoms. The minimum Gasteiger partial charge on any atom is -0.390 e. The minimum atomic E-state index is -0.770. The molecular weight excluding hydrogens is 327 g/mol. The van der Waals surface area contributed by atoms with E-state index in [0.717, 1.165) is 12.8 Å². The highest BCUT2D eigenvalue weighted by Gasteiger charge is 2.56. The van der Waals surface area contributed by atoms with E-state index in [2.05, 4.69) is 6.92 Å². The van der Waals surface area contributed by atoms with E-state index in [9.17, 15) is 9.50 Å². The van der Waals surface area contributed by atoms with Crippen LogP contribution in [0.3, 0.4) is 0 Å². The number of ether oxygens (including phenoxy) is 4. The van der Waals surface area contributed by atoms with Crippen molar-refractivity contribution in [2.24, 2.45) is 0 Å². The standard InChI is InChI=1S/C19H27FO5/c1-4-5-10-14(21)15-16(17-18(23-15)25-19(2,3)24-17)22-11-12-8-6-7-9-13(12)20/h6-9,14-18,21H,4-5,10-11H2,1-3H3/t14-,15+,16-,17+,18+/m0/s1.